The number of fused-ring (bicyclic) bond motifs is 4. The Morgan fingerprint density at radius 2 is 1.55 bits per heavy atom. The van der Waals surface area contributed by atoms with E-state index in [4.69, 9.17) is 32.7 Å². The van der Waals surface area contributed by atoms with Gasteiger partial charge in [0.1, 0.15) is 5.82 Å². The minimum Gasteiger partial charge on any atom is -0.502 e. The van der Waals surface area contributed by atoms with Crippen molar-refractivity contribution < 1.29 is 43.1 Å². The third kappa shape index (κ3) is 4.41. The summed E-state index contributed by atoms with van der Waals surface area (Å²) < 4.78 is 24.7. The molecule has 0 unspecified atom stereocenters. The van der Waals surface area contributed by atoms with Gasteiger partial charge in [0, 0.05) is 18.1 Å². The van der Waals surface area contributed by atoms with E-state index in [9.17, 15) is 38.8 Å². The van der Waals surface area contributed by atoms with Gasteiger partial charge >= 0.3 is 0 Å². The Morgan fingerprint density at radius 3 is 2.16 bits per heavy atom. The van der Waals surface area contributed by atoms with Crippen LogP contribution in [0.25, 0.3) is 0 Å². The number of nitro benzene ring substituents is 1. The highest BCUT2D eigenvalue weighted by Crippen LogP contribution is 2.66. The molecule has 2 saturated heterocycles. The first kappa shape index (κ1) is 32.5. The lowest BCUT2D eigenvalue weighted by Crippen LogP contribution is -2.60. The van der Waals surface area contributed by atoms with E-state index in [-0.39, 0.29) is 52.7 Å². The largest absolute Gasteiger partial charge is 0.502 e. The van der Waals surface area contributed by atoms with Crippen molar-refractivity contribution in [3.8, 4) is 17.2 Å². The number of imide groups is 2. The van der Waals surface area contributed by atoms with Crippen LogP contribution < -0.4 is 19.3 Å². The number of non-ortho nitro benzene ring substituents is 1. The van der Waals surface area contributed by atoms with E-state index in [1.807, 2.05) is 0 Å². The van der Waals surface area contributed by atoms with Crippen LogP contribution in [0.1, 0.15) is 24.3 Å². The molecule has 2 heterocycles. The topological polar surface area (TPSA) is 157 Å². The van der Waals surface area contributed by atoms with E-state index >= 15 is 0 Å². The first-order chi connectivity index (χ1) is 23.3. The second-order valence-electron chi connectivity index (χ2n) is 12.3. The van der Waals surface area contributed by atoms with Crippen LogP contribution >= 0.6 is 23.2 Å². The summed E-state index contributed by atoms with van der Waals surface area (Å²) in [6.07, 6.45) is 1.42. The smallest absolute Gasteiger partial charge is 0.271 e. The average molecular weight is 710 g/mol. The Balaban J connectivity index is 1.42. The molecule has 3 fully saturated rings. The molecule has 252 valence electrons. The molecule has 3 aromatic rings. The average Bonchev–Trinajstić information content (AvgIpc) is 3.43. The number of nitro groups is 1. The van der Waals surface area contributed by atoms with Crippen LogP contribution in [0.3, 0.4) is 0 Å². The molecule has 0 radical (unpaired) electrons. The van der Waals surface area contributed by atoms with Crippen molar-refractivity contribution in [2.24, 2.45) is 17.8 Å². The van der Waals surface area contributed by atoms with Gasteiger partial charge in [-0.25, -0.2) is 14.2 Å². The van der Waals surface area contributed by atoms with Gasteiger partial charge in [0.2, 0.25) is 17.6 Å². The third-order valence-corrected chi connectivity index (χ3v) is 11.4. The van der Waals surface area contributed by atoms with Crippen molar-refractivity contribution in [1.29, 1.82) is 0 Å². The minimum atomic E-state index is -2.23. The molecule has 3 aromatic carbocycles. The number of phenols is 1. The summed E-state index contributed by atoms with van der Waals surface area (Å²) in [6, 6.07) is 12.6. The zero-order valence-electron chi connectivity index (χ0n) is 25.8. The number of methoxy groups -OCH3 is 2. The number of benzene rings is 3. The Hall–Kier alpha value is -5.01. The Kier molecular flexibility index (Phi) is 7.49. The minimum absolute atomic E-state index is 0.0161. The van der Waals surface area contributed by atoms with Crippen LogP contribution in [-0.4, -0.2) is 57.6 Å². The number of halogens is 3. The summed E-state index contributed by atoms with van der Waals surface area (Å²) in [4.78, 5) is 65.2. The second kappa shape index (κ2) is 11.3. The highest BCUT2D eigenvalue weighted by atomic mass is 35.5. The maximum atomic E-state index is 14.5. The van der Waals surface area contributed by atoms with Gasteiger partial charge in [0.25, 0.3) is 17.5 Å². The number of alkyl halides is 2. The molecular weight excluding hydrogens is 684 g/mol. The molecule has 6 atom stereocenters. The van der Waals surface area contributed by atoms with Gasteiger partial charge in [-0.15, -0.1) is 23.2 Å². The van der Waals surface area contributed by atoms with Crippen LogP contribution in [0.2, 0.25) is 0 Å². The Labute approximate surface area is 287 Å². The number of allylic oxidation sites excluding steroid dienone is 2. The van der Waals surface area contributed by atoms with Crippen LogP contribution in [0, 0.1) is 33.7 Å². The van der Waals surface area contributed by atoms with Crippen molar-refractivity contribution in [1.82, 2.24) is 0 Å². The molecular formula is C34H26Cl2FN3O9. The van der Waals surface area contributed by atoms with Crippen LogP contribution in [0.15, 0.2) is 72.3 Å². The first-order valence-corrected chi connectivity index (χ1v) is 15.8. The predicted octanol–water partition coefficient (Wildman–Crippen LogP) is 5.22. The van der Waals surface area contributed by atoms with Crippen LogP contribution in [0.5, 0.6) is 17.2 Å². The maximum Gasteiger partial charge on any atom is 0.271 e. The van der Waals surface area contributed by atoms with E-state index in [1.54, 1.807) is 6.08 Å². The zero-order valence-corrected chi connectivity index (χ0v) is 27.3. The molecule has 15 heteroatoms. The van der Waals surface area contributed by atoms with Crippen molar-refractivity contribution in [2.75, 3.05) is 24.0 Å². The summed E-state index contributed by atoms with van der Waals surface area (Å²) in [6.45, 7) is 0. The normalized spacial score (nSPS) is 29.0. The number of aromatic hydroxyl groups is 1. The lowest BCUT2D eigenvalue weighted by Gasteiger charge is -2.50. The Morgan fingerprint density at radius 1 is 0.898 bits per heavy atom. The van der Waals surface area contributed by atoms with Crippen molar-refractivity contribution in [2.45, 2.75) is 28.5 Å². The number of hydrogen-bond donors (Lipinski definition) is 1. The fourth-order valence-electron chi connectivity index (χ4n) is 7.85. The summed E-state index contributed by atoms with van der Waals surface area (Å²) in [5.41, 5.74) is 0.427. The fraction of sp³-hybridized carbons (Fsp3) is 0.294. The molecule has 1 N–H and O–H groups in total. The number of carbonyl (C=O) groups is 4. The van der Waals surface area contributed by atoms with Crippen LogP contribution in [-0.2, 0) is 19.2 Å². The van der Waals surface area contributed by atoms with E-state index in [1.165, 1.54) is 56.7 Å². The Bertz CT molecular complexity index is 2000. The SMILES string of the molecule is COc1cc([C@H]2C3=CC[C@@H]4C(=O)N(c5cccc([N+](=O)[O-])c5)C(=O)[C@@H]4[C@@H]3C[C@@]3(Cl)C(=O)N(c4ccc(F)cc4)C(=O)[C@@]23Cl)cc(OC)c1O. The van der Waals surface area contributed by atoms with Crippen molar-refractivity contribution in [3.63, 3.8) is 0 Å². The summed E-state index contributed by atoms with van der Waals surface area (Å²) >= 11 is 14.8. The fourth-order valence-corrected chi connectivity index (χ4v) is 8.79. The number of phenolic OH excluding ortho intramolecular Hbond substituents is 1. The van der Waals surface area contributed by atoms with E-state index in [0.717, 1.165) is 28.0 Å². The van der Waals surface area contributed by atoms with Crippen molar-refractivity contribution >= 4 is 63.9 Å². The number of anilines is 2. The quantitative estimate of drug-likeness (QED) is 0.119. The van der Waals surface area contributed by atoms with Gasteiger partial charge in [-0.05, 0) is 66.8 Å². The molecule has 0 bridgehead atoms. The van der Waals surface area contributed by atoms with Gasteiger partial charge in [-0.1, -0.05) is 17.7 Å². The van der Waals surface area contributed by atoms with E-state index in [0.29, 0.717) is 5.57 Å². The van der Waals surface area contributed by atoms with Gasteiger partial charge in [0.05, 0.1) is 42.4 Å². The van der Waals surface area contributed by atoms with Gasteiger partial charge < -0.3 is 14.6 Å². The lowest BCUT2D eigenvalue weighted by atomic mass is 9.56. The molecule has 2 aliphatic carbocycles. The van der Waals surface area contributed by atoms with E-state index in [2.05, 4.69) is 0 Å². The summed E-state index contributed by atoms with van der Waals surface area (Å²) in [5.74, 6) is -8.19. The molecule has 7 rings (SSSR count). The number of nitrogens with zero attached hydrogens (tertiary/aromatic N) is 3. The van der Waals surface area contributed by atoms with Gasteiger partial charge in [-0.2, -0.15) is 0 Å². The summed E-state index contributed by atoms with van der Waals surface area (Å²) in [7, 11) is 2.61. The standard InChI is InChI=1S/C34H26Cl2FN3O9/c1-48-24-12-16(13-25(49-2)28(24)41)27-21-10-11-22-26(30(43)38(29(22)42)19-4-3-5-20(14-19)40(46)47)23(21)15-33(35)31(44)39(32(45)34(27,33)36)18-8-6-17(37)7-9-18/h3-10,12-14,22-23,26-27,41H,11,15H2,1-2H3/t22-,23+,26-,27-,33+,34-/m0/s1. The molecule has 0 aromatic heterocycles. The molecule has 2 aliphatic heterocycles. The molecule has 49 heavy (non-hydrogen) atoms. The number of amides is 4. The lowest BCUT2D eigenvalue weighted by molar-refractivity contribution is -0.384. The maximum absolute atomic E-state index is 14.5. The number of rotatable bonds is 6. The predicted molar refractivity (Wildman–Crippen MR) is 173 cm³/mol. The molecule has 12 nitrogen and oxygen atoms in total. The number of carbonyl (C=O) groups excluding carboxylic acids is 4. The zero-order chi connectivity index (χ0) is 35.2. The molecule has 1 saturated carbocycles. The van der Waals surface area contributed by atoms with Gasteiger partial charge in [-0.3, -0.25) is 29.3 Å². The first-order valence-electron chi connectivity index (χ1n) is 15.1. The van der Waals surface area contributed by atoms with Crippen LogP contribution in [0.4, 0.5) is 21.5 Å². The van der Waals surface area contributed by atoms with Gasteiger partial charge in [0.15, 0.2) is 21.2 Å². The highest BCUT2D eigenvalue weighted by Gasteiger charge is 2.76. The second-order valence-corrected chi connectivity index (χ2v) is 13.6. The molecule has 4 amide bonds. The number of ether oxygens (including phenoxy) is 2. The van der Waals surface area contributed by atoms with E-state index < -0.39 is 67.8 Å². The number of hydrogen-bond acceptors (Lipinski definition) is 9. The third-order valence-electron chi connectivity index (χ3n) is 10.0. The monoisotopic (exact) mass is 709 g/mol. The molecule has 4 aliphatic rings. The molecule has 0 spiro atoms. The van der Waals surface area contributed by atoms with Crippen molar-refractivity contribution in [3.05, 3.63) is 93.8 Å². The highest BCUT2D eigenvalue weighted by molar-refractivity contribution is 6.58. The summed E-state index contributed by atoms with van der Waals surface area (Å²) in [5, 5.41) is 22.2.